The number of rotatable bonds is 10. The van der Waals surface area contributed by atoms with E-state index in [0.717, 1.165) is 24.8 Å². The van der Waals surface area contributed by atoms with Crippen LogP contribution in [-0.4, -0.2) is 29.8 Å². The maximum atomic E-state index is 12.3. The lowest BCUT2D eigenvalue weighted by molar-refractivity contribution is -0.132. The Morgan fingerprint density at radius 1 is 1.00 bits per heavy atom. The van der Waals surface area contributed by atoms with Gasteiger partial charge in [-0.15, -0.1) is 0 Å². The number of unbranched alkanes of at least 4 members (excludes halogenated alkanes) is 2. The van der Waals surface area contributed by atoms with E-state index in [-0.39, 0.29) is 18.2 Å². The van der Waals surface area contributed by atoms with Gasteiger partial charge in [-0.1, -0.05) is 36.8 Å². The van der Waals surface area contributed by atoms with E-state index in [2.05, 4.69) is 0 Å². The summed E-state index contributed by atoms with van der Waals surface area (Å²) in [7, 11) is 0. The van der Waals surface area contributed by atoms with Gasteiger partial charge in [0.2, 0.25) is 11.8 Å². The highest BCUT2D eigenvalue weighted by Gasteiger charge is 2.14. The van der Waals surface area contributed by atoms with Crippen LogP contribution in [0.3, 0.4) is 0 Å². The van der Waals surface area contributed by atoms with Gasteiger partial charge in [0, 0.05) is 25.9 Å². The molecule has 0 radical (unpaired) electrons. The van der Waals surface area contributed by atoms with Crippen LogP contribution in [0.25, 0.3) is 0 Å². The molecule has 1 rings (SSSR count). The number of nitrogens with two attached hydrogens (primary N) is 2. The Bertz CT molecular complexity index is 434. The quantitative estimate of drug-likeness (QED) is 0.639. The summed E-state index contributed by atoms with van der Waals surface area (Å²) in [6.07, 6.45) is 3.41. The minimum Gasteiger partial charge on any atom is -0.370 e. The summed E-state index contributed by atoms with van der Waals surface area (Å²) in [5, 5.41) is 0. The summed E-state index contributed by atoms with van der Waals surface area (Å²) in [5.41, 5.74) is 11.7. The SMILES string of the molecule is NCCCCCC(=O)N(CCC(N)=O)Cc1ccccc1. The van der Waals surface area contributed by atoms with Crippen molar-refractivity contribution in [1.29, 1.82) is 0 Å². The molecule has 0 unspecified atom stereocenters. The van der Waals surface area contributed by atoms with E-state index in [1.54, 1.807) is 4.90 Å². The van der Waals surface area contributed by atoms with Crippen LogP contribution in [0.4, 0.5) is 0 Å². The first kappa shape index (κ1) is 17.2. The van der Waals surface area contributed by atoms with Crippen molar-refractivity contribution < 1.29 is 9.59 Å². The van der Waals surface area contributed by atoms with Crippen molar-refractivity contribution in [1.82, 2.24) is 4.90 Å². The highest BCUT2D eigenvalue weighted by molar-refractivity contribution is 5.78. The molecule has 5 heteroatoms. The van der Waals surface area contributed by atoms with Crippen LogP contribution in [0.1, 0.15) is 37.7 Å². The fourth-order valence-corrected chi connectivity index (χ4v) is 2.10. The smallest absolute Gasteiger partial charge is 0.222 e. The van der Waals surface area contributed by atoms with Crippen LogP contribution in [0.5, 0.6) is 0 Å². The minimum absolute atomic E-state index is 0.0668. The summed E-state index contributed by atoms with van der Waals surface area (Å²) in [6, 6.07) is 9.75. The number of benzene rings is 1. The highest BCUT2D eigenvalue weighted by Crippen LogP contribution is 2.09. The van der Waals surface area contributed by atoms with Gasteiger partial charge in [0.1, 0.15) is 0 Å². The Morgan fingerprint density at radius 2 is 1.71 bits per heavy atom. The summed E-state index contributed by atoms with van der Waals surface area (Å²) in [6.45, 7) is 1.55. The zero-order valence-electron chi connectivity index (χ0n) is 12.5. The topological polar surface area (TPSA) is 89.4 Å². The number of primary amides is 1. The minimum atomic E-state index is -0.385. The van der Waals surface area contributed by atoms with E-state index in [1.807, 2.05) is 30.3 Å². The molecule has 0 aliphatic rings. The van der Waals surface area contributed by atoms with E-state index in [0.29, 0.717) is 26.1 Å². The molecule has 0 spiro atoms. The zero-order valence-corrected chi connectivity index (χ0v) is 12.5. The number of carbonyl (C=O) groups is 2. The first-order valence-electron chi connectivity index (χ1n) is 7.43. The summed E-state index contributed by atoms with van der Waals surface area (Å²) in [5.74, 6) is -0.318. The molecule has 1 aromatic rings. The van der Waals surface area contributed by atoms with Crippen molar-refractivity contribution in [2.75, 3.05) is 13.1 Å². The molecular weight excluding hydrogens is 266 g/mol. The zero-order chi connectivity index (χ0) is 15.5. The van der Waals surface area contributed by atoms with E-state index < -0.39 is 0 Å². The second-order valence-corrected chi connectivity index (χ2v) is 5.12. The molecule has 4 N–H and O–H groups in total. The molecule has 0 bridgehead atoms. The van der Waals surface area contributed by atoms with Gasteiger partial charge in [-0.3, -0.25) is 9.59 Å². The van der Waals surface area contributed by atoms with Gasteiger partial charge < -0.3 is 16.4 Å². The Kier molecular flexibility index (Phi) is 8.12. The number of nitrogens with zero attached hydrogens (tertiary/aromatic N) is 1. The molecule has 1 aromatic carbocycles. The van der Waals surface area contributed by atoms with Gasteiger partial charge in [-0.05, 0) is 24.9 Å². The average Bonchev–Trinajstić information content (AvgIpc) is 2.48. The van der Waals surface area contributed by atoms with E-state index >= 15 is 0 Å². The Balaban J connectivity index is 2.54. The molecule has 0 fully saturated rings. The van der Waals surface area contributed by atoms with Crippen molar-refractivity contribution >= 4 is 11.8 Å². The molecular formula is C16H25N3O2. The molecule has 116 valence electrons. The first-order chi connectivity index (χ1) is 10.1. The molecule has 2 amide bonds. The molecule has 0 heterocycles. The van der Waals surface area contributed by atoms with Crippen LogP contribution >= 0.6 is 0 Å². The van der Waals surface area contributed by atoms with E-state index in [4.69, 9.17) is 11.5 Å². The van der Waals surface area contributed by atoms with Gasteiger partial charge in [-0.2, -0.15) is 0 Å². The van der Waals surface area contributed by atoms with Crippen molar-refractivity contribution in [2.24, 2.45) is 11.5 Å². The highest BCUT2D eigenvalue weighted by atomic mass is 16.2. The lowest BCUT2D eigenvalue weighted by Gasteiger charge is -2.22. The van der Waals surface area contributed by atoms with Crippen molar-refractivity contribution in [3.63, 3.8) is 0 Å². The van der Waals surface area contributed by atoms with Gasteiger partial charge in [0.15, 0.2) is 0 Å². The second kappa shape index (κ2) is 9.94. The maximum Gasteiger partial charge on any atom is 0.222 e. The summed E-state index contributed by atoms with van der Waals surface area (Å²) < 4.78 is 0. The van der Waals surface area contributed by atoms with Crippen LogP contribution in [0.15, 0.2) is 30.3 Å². The summed E-state index contributed by atoms with van der Waals surface area (Å²) >= 11 is 0. The Hall–Kier alpha value is -1.88. The number of amides is 2. The van der Waals surface area contributed by atoms with Crippen LogP contribution < -0.4 is 11.5 Å². The van der Waals surface area contributed by atoms with Crippen LogP contribution in [0, 0.1) is 0 Å². The summed E-state index contributed by atoms with van der Waals surface area (Å²) in [4.78, 5) is 24.9. The third-order valence-electron chi connectivity index (χ3n) is 3.29. The molecule has 0 aromatic heterocycles. The van der Waals surface area contributed by atoms with E-state index in [9.17, 15) is 9.59 Å². The Labute approximate surface area is 126 Å². The van der Waals surface area contributed by atoms with Crippen molar-refractivity contribution in [3.05, 3.63) is 35.9 Å². The normalized spacial score (nSPS) is 10.3. The molecule has 0 atom stereocenters. The van der Waals surface area contributed by atoms with Crippen LogP contribution in [0.2, 0.25) is 0 Å². The monoisotopic (exact) mass is 291 g/mol. The maximum absolute atomic E-state index is 12.3. The largest absolute Gasteiger partial charge is 0.370 e. The third kappa shape index (κ3) is 7.46. The van der Waals surface area contributed by atoms with E-state index in [1.165, 1.54) is 0 Å². The molecule has 0 aliphatic carbocycles. The number of hydrogen-bond donors (Lipinski definition) is 2. The fraction of sp³-hybridized carbons (Fsp3) is 0.500. The molecule has 0 saturated carbocycles. The first-order valence-corrected chi connectivity index (χ1v) is 7.43. The average molecular weight is 291 g/mol. The second-order valence-electron chi connectivity index (χ2n) is 5.12. The molecule has 0 saturated heterocycles. The lowest BCUT2D eigenvalue weighted by atomic mass is 10.1. The number of hydrogen-bond acceptors (Lipinski definition) is 3. The lowest BCUT2D eigenvalue weighted by Crippen LogP contribution is -2.33. The molecule has 5 nitrogen and oxygen atoms in total. The predicted molar refractivity (Wildman–Crippen MR) is 83.2 cm³/mol. The number of carbonyl (C=O) groups excluding carboxylic acids is 2. The van der Waals surface area contributed by atoms with Gasteiger partial charge >= 0.3 is 0 Å². The van der Waals surface area contributed by atoms with Gasteiger partial charge in [0.25, 0.3) is 0 Å². The molecule has 0 aliphatic heterocycles. The fourth-order valence-electron chi connectivity index (χ4n) is 2.10. The van der Waals surface area contributed by atoms with Gasteiger partial charge in [0.05, 0.1) is 0 Å². The predicted octanol–water partition coefficient (Wildman–Crippen LogP) is 1.41. The van der Waals surface area contributed by atoms with Gasteiger partial charge in [-0.25, -0.2) is 0 Å². The Morgan fingerprint density at radius 3 is 2.33 bits per heavy atom. The molecule has 21 heavy (non-hydrogen) atoms. The standard InChI is InChI=1S/C16H25N3O2/c17-11-6-2-5-9-16(21)19(12-10-15(18)20)13-14-7-3-1-4-8-14/h1,3-4,7-8H,2,5-6,9-13,17H2,(H2,18,20). The van der Waals surface area contributed by atoms with Crippen LogP contribution in [-0.2, 0) is 16.1 Å². The third-order valence-corrected chi connectivity index (χ3v) is 3.29. The van der Waals surface area contributed by atoms with Crippen molar-refractivity contribution in [2.45, 2.75) is 38.6 Å². The van der Waals surface area contributed by atoms with Crippen molar-refractivity contribution in [3.8, 4) is 0 Å².